The Kier molecular flexibility index (Phi) is 10.5. The molecular formula is C37H43ClN12O4. The van der Waals surface area contributed by atoms with E-state index in [2.05, 4.69) is 61.1 Å². The Morgan fingerprint density at radius 1 is 0.556 bits per heavy atom. The predicted octanol–water partition coefficient (Wildman–Crippen LogP) is 1.77. The number of likely N-dealkylation sites (N-methyl/N-ethyl adjacent to an activating group) is 3. The van der Waals surface area contributed by atoms with Crippen molar-refractivity contribution in [3.05, 3.63) is 108 Å². The molecule has 3 aromatic heterocycles. The maximum atomic E-state index is 12.2. The zero-order valence-electron chi connectivity index (χ0n) is 31.1. The van der Waals surface area contributed by atoms with Gasteiger partial charge in [-0.05, 0) is 113 Å². The zero-order valence-corrected chi connectivity index (χ0v) is 31.9. The summed E-state index contributed by atoms with van der Waals surface area (Å²) in [5.74, 6) is 0.855. The van der Waals surface area contributed by atoms with Gasteiger partial charge in [0.1, 0.15) is 11.0 Å². The van der Waals surface area contributed by atoms with Gasteiger partial charge in [-0.1, -0.05) is 13.8 Å². The number of rotatable bonds is 2. The Labute approximate surface area is 317 Å². The van der Waals surface area contributed by atoms with Gasteiger partial charge in [-0.15, -0.1) is 0 Å². The lowest BCUT2D eigenvalue weighted by atomic mass is 9.99. The predicted molar refractivity (Wildman–Crippen MR) is 201 cm³/mol. The summed E-state index contributed by atoms with van der Waals surface area (Å²) in [7, 11) is 6.24. The van der Waals surface area contributed by atoms with E-state index in [1.165, 1.54) is 22.3 Å². The van der Waals surface area contributed by atoms with Crippen molar-refractivity contribution < 1.29 is 19.3 Å². The average molecular weight is 755 g/mol. The van der Waals surface area contributed by atoms with E-state index in [0.29, 0.717) is 60.8 Å². The van der Waals surface area contributed by atoms with E-state index in [-0.39, 0.29) is 11.1 Å². The second-order valence-corrected chi connectivity index (χ2v) is 14.6. The first-order chi connectivity index (χ1) is 25.9. The van der Waals surface area contributed by atoms with Crippen molar-refractivity contribution in [3.63, 3.8) is 0 Å². The Balaban J connectivity index is 0.000000125. The molecule has 0 bridgehead atoms. The molecule has 0 unspecified atom stereocenters. The van der Waals surface area contributed by atoms with Gasteiger partial charge < -0.3 is 35.5 Å². The van der Waals surface area contributed by atoms with Gasteiger partial charge in [0.2, 0.25) is 10.6 Å². The standard InChI is InChI=1S/C13H16N4O2.C13H16N4O.C11H11ClN4O/c1-3-13-14-17(19)12-6-9-4-5-15(2)8-10(9)7-11(12)16(13)18;1-3-13-14-11-6-10-8-16(2)5-4-9(10)7-12(11)17(18)15-13;1-15-3-2-7-5-10-9(4-8(7)6-15)13-11(12)14-16(10)17/h6-7H,3-5,8H2,1-2H3;6-7H,3-5,8H2,1-2H3;4-5H,2-3,6H2,1H3. The molecule has 6 heterocycles. The Hall–Kier alpha value is -5.16. The van der Waals surface area contributed by atoms with Gasteiger partial charge in [0.25, 0.3) is 16.3 Å². The monoisotopic (exact) mass is 754 g/mol. The van der Waals surface area contributed by atoms with Gasteiger partial charge in [0.15, 0.2) is 5.82 Å². The molecule has 3 aliphatic heterocycles. The summed E-state index contributed by atoms with van der Waals surface area (Å²) in [5, 5.41) is 58.8. The van der Waals surface area contributed by atoms with E-state index in [1.807, 2.05) is 50.2 Å². The quantitative estimate of drug-likeness (QED) is 0.185. The van der Waals surface area contributed by atoms with E-state index < -0.39 is 0 Å². The summed E-state index contributed by atoms with van der Waals surface area (Å²) in [6.07, 6.45) is 3.95. The van der Waals surface area contributed by atoms with Crippen LogP contribution in [0.3, 0.4) is 0 Å². The number of nitrogens with zero attached hydrogens (tertiary/aromatic N) is 12. The third-order valence-electron chi connectivity index (χ3n) is 10.3. The minimum Gasteiger partial charge on any atom is -0.710 e. The van der Waals surface area contributed by atoms with Crippen LogP contribution in [0.2, 0.25) is 5.28 Å². The van der Waals surface area contributed by atoms with Crippen molar-refractivity contribution in [2.75, 3.05) is 40.8 Å². The molecule has 0 amide bonds. The molecule has 16 nitrogen and oxygen atoms in total. The zero-order chi connectivity index (χ0) is 38.3. The van der Waals surface area contributed by atoms with E-state index >= 15 is 0 Å². The second-order valence-electron chi connectivity index (χ2n) is 14.2. The smallest absolute Gasteiger partial charge is 0.376 e. The molecule has 0 fully saturated rings. The number of fused-ring (bicyclic) bond motifs is 6. The van der Waals surface area contributed by atoms with Gasteiger partial charge in [-0.25, -0.2) is 14.7 Å². The van der Waals surface area contributed by atoms with Crippen LogP contribution < -0.4 is 19.3 Å². The third-order valence-corrected chi connectivity index (χ3v) is 10.4. The van der Waals surface area contributed by atoms with Crippen LogP contribution in [0.4, 0.5) is 0 Å². The van der Waals surface area contributed by atoms with Crippen molar-refractivity contribution >= 4 is 44.7 Å². The summed E-state index contributed by atoms with van der Waals surface area (Å²) in [6, 6.07) is 11.4. The Bertz CT molecular complexity index is 2400. The summed E-state index contributed by atoms with van der Waals surface area (Å²) in [5.41, 5.74) is 10.4. The average Bonchev–Trinajstić information content (AvgIpc) is 3.14. The van der Waals surface area contributed by atoms with Crippen LogP contribution in [-0.4, -0.2) is 80.7 Å². The molecule has 9 rings (SSSR count). The molecule has 17 heteroatoms. The van der Waals surface area contributed by atoms with E-state index in [4.69, 9.17) is 11.6 Å². The molecule has 0 saturated carbocycles. The maximum Gasteiger partial charge on any atom is 0.376 e. The van der Waals surface area contributed by atoms with Crippen molar-refractivity contribution in [1.82, 2.24) is 40.0 Å². The van der Waals surface area contributed by atoms with Gasteiger partial charge in [0, 0.05) is 74.1 Å². The molecule has 6 aromatic rings. The highest BCUT2D eigenvalue weighted by atomic mass is 35.5. The summed E-state index contributed by atoms with van der Waals surface area (Å²) in [6.45, 7) is 9.39. The van der Waals surface area contributed by atoms with Gasteiger partial charge >= 0.3 is 11.3 Å². The first-order valence-electron chi connectivity index (χ1n) is 18.1. The van der Waals surface area contributed by atoms with Gasteiger partial charge in [-0.3, -0.25) is 0 Å². The van der Waals surface area contributed by atoms with Crippen molar-refractivity contribution in [2.45, 2.75) is 65.6 Å². The fraction of sp³-hybridized carbons (Fsp3) is 0.432. The molecule has 0 aliphatic carbocycles. The first kappa shape index (κ1) is 37.2. The van der Waals surface area contributed by atoms with E-state index in [1.54, 1.807) is 0 Å². The number of halogens is 1. The molecule has 3 aromatic carbocycles. The molecule has 54 heavy (non-hydrogen) atoms. The molecular weight excluding hydrogens is 712 g/mol. The Morgan fingerprint density at radius 2 is 1.00 bits per heavy atom. The molecule has 0 saturated heterocycles. The number of aryl methyl sites for hydroxylation is 2. The van der Waals surface area contributed by atoms with E-state index in [9.17, 15) is 20.8 Å². The molecule has 0 N–H and O–H groups in total. The van der Waals surface area contributed by atoms with Crippen molar-refractivity contribution in [1.29, 1.82) is 0 Å². The van der Waals surface area contributed by atoms with Crippen LogP contribution in [0.5, 0.6) is 0 Å². The van der Waals surface area contributed by atoms with Crippen LogP contribution in [-0.2, 0) is 51.7 Å². The SMILES string of the molecule is CCc1n[n+]([O-])c2cc3c(cc2[n+]1[O-])CN(C)CC3.CCc1nc2cc3c(cc2[n+]([O-])n1)CCN(C)C3.CN1CCc2cc3c(cc2C1)nc(Cl)n[n+]3[O-]. The molecule has 3 aliphatic rings. The largest absolute Gasteiger partial charge is 0.710 e. The fourth-order valence-electron chi connectivity index (χ4n) is 7.25. The minimum atomic E-state index is -0.0170. The highest BCUT2D eigenvalue weighted by Gasteiger charge is 2.25. The third kappa shape index (κ3) is 7.59. The van der Waals surface area contributed by atoms with Crippen LogP contribution in [0, 0.1) is 20.8 Å². The molecule has 0 radical (unpaired) electrons. The number of hydrogen-bond acceptors (Lipinski definition) is 12. The van der Waals surface area contributed by atoms with E-state index in [0.717, 1.165) is 79.9 Å². The lowest BCUT2D eigenvalue weighted by Crippen LogP contribution is -2.45. The first-order valence-corrected chi connectivity index (χ1v) is 18.5. The highest BCUT2D eigenvalue weighted by Crippen LogP contribution is 2.24. The summed E-state index contributed by atoms with van der Waals surface area (Å²) in [4.78, 5) is 17.1. The molecule has 0 spiro atoms. The highest BCUT2D eigenvalue weighted by molar-refractivity contribution is 6.28. The van der Waals surface area contributed by atoms with Crippen LogP contribution >= 0.6 is 11.6 Å². The van der Waals surface area contributed by atoms with Crippen LogP contribution in [0.25, 0.3) is 33.1 Å². The molecule has 0 atom stereocenters. The van der Waals surface area contributed by atoms with Gasteiger partial charge in [0.05, 0.1) is 11.3 Å². The van der Waals surface area contributed by atoms with Crippen LogP contribution in [0.15, 0.2) is 36.4 Å². The van der Waals surface area contributed by atoms with Crippen LogP contribution in [0.1, 0.15) is 58.9 Å². The molecule has 282 valence electrons. The lowest BCUT2D eigenvalue weighted by Gasteiger charge is -2.24. The number of aromatic nitrogens is 9. The summed E-state index contributed by atoms with van der Waals surface area (Å²) >= 11 is 5.68. The topological polar surface area (TPSA) is 182 Å². The summed E-state index contributed by atoms with van der Waals surface area (Å²) < 4.78 is 0.776. The lowest BCUT2D eigenvalue weighted by molar-refractivity contribution is -0.685. The maximum absolute atomic E-state index is 12.2. The van der Waals surface area contributed by atoms with Gasteiger partial charge in [-0.2, -0.15) is 0 Å². The van der Waals surface area contributed by atoms with Crippen molar-refractivity contribution in [2.24, 2.45) is 0 Å². The minimum absolute atomic E-state index is 0.0170. The second kappa shape index (κ2) is 15.3. The Morgan fingerprint density at radius 3 is 1.52 bits per heavy atom. The fourth-order valence-corrected chi connectivity index (χ4v) is 7.41. The number of hydrogen-bond donors (Lipinski definition) is 0. The number of benzene rings is 3. The van der Waals surface area contributed by atoms with Crippen molar-refractivity contribution in [3.8, 4) is 0 Å². The normalized spacial score (nSPS) is 15.9.